The van der Waals surface area contributed by atoms with E-state index in [0.29, 0.717) is 0 Å². The summed E-state index contributed by atoms with van der Waals surface area (Å²) in [5.74, 6) is 0. The number of fused-ring (bicyclic) bond motifs is 4. The third-order valence-corrected chi connectivity index (χ3v) is 7.96. The maximum atomic E-state index is 4.43. The topological polar surface area (TPSA) is 38.9 Å². The summed E-state index contributed by atoms with van der Waals surface area (Å²) in [6.07, 6.45) is 0. The second kappa shape index (κ2) is 9.75. The number of aromatic nitrogens is 4. The van der Waals surface area contributed by atoms with Crippen molar-refractivity contribution in [3.8, 4) is 11.4 Å². The van der Waals surface area contributed by atoms with Crippen LogP contribution in [-0.2, 0) is 0 Å². The summed E-state index contributed by atoms with van der Waals surface area (Å²) in [4.78, 5) is 2.31. The molecular formula is C37H27N5. The fraction of sp³-hybridized carbons (Fsp3) is 0.0270. The van der Waals surface area contributed by atoms with E-state index in [1.54, 1.807) is 0 Å². The minimum atomic E-state index is 0.887. The standard InChI is InChI=1S/C37H27N5/c1-26-24-30(42-37-19-11-9-17-33(37)38-39-42)21-22-34(26)41-35-18-10-8-16-31(35)32-25-29(20-23-36(32)41)40(27-12-4-2-5-13-27)28-14-6-3-7-15-28/h2-25H,1H3. The number of aryl methyl sites for hydroxylation is 1. The van der Waals surface area contributed by atoms with Crippen LogP contribution in [0.15, 0.2) is 146 Å². The Balaban J connectivity index is 1.30. The van der Waals surface area contributed by atoms with Crippen molar-refractivity contribution >= 4 is 49.9 Å². The first-order valence-electron chi connectivity index (χ1n) is 14.1. The molecule has 6 aromatic carbocycles. The zero-order valence-electron chi connectivity index (χ0n) is 23.1. The van der Waals surface area contributed by atoms with Crippen LogP contribution in [0.1, 0.15) is 5.56 Å². The number of anilines is 3. The third kappa shape index (κ3) is 3.86. The van der Waals surface area contributed by atoms with Crippen LogP contribution in [0.2, 0.25) is 0 Å². The summed E-state index contributed by atoms with van der Waals surface area (Å²) in [5, 5.41) is 11.2. The molecule has 0 saturated heterocycles. The van der Waals surface area contributed by atoms with Crippen molar-refractivity contribution in [1.29, 1.82) is 0 Å². The van der Waals surface area contributed by atoms with Crippen LogP contribution in [-0.4, -0.2) is 19.6 Å². The van der Waals surface area contributed by atoms with E-state index in [2.05, 4.69) is 154 Å². The van der Waals surface area contributed by atoms with Crippen LogP contribution < -0.4 is 4.90 Å². The molecule has 0 fully saturated rings. The predicted octanol–water partition coefficient (Wildman–Crippen LogP) is 9.30. The highest BCUT2D eigenvalue weighted by Crippen LogP contribution is 2.40. The van der Waals surface area contributed by atoms with Crippen molar-refractivity contribution in [2.45, 2.75) is 6.92 Å². The van der Waals surface area contributed by atoms with Gasteiger partial charge in [0.25, 0.3) is 0 Å². The molecule has 2 aromatic heterocycles. The maximum absolute atomic E-state index is 4.43. The van der Waals surface area contributed by atoms with Crippen LogP contribution >= 0.6 is 0 Å². The summed E-state index contributed by atoms with van der Waals surface area (Å²) in [7, 11) is 0. The van der Waals surface area contributed by atoms with Crippen LogP contribution in [0.5, 0.6) is 0 Å². The van der Waals surface area contributed by atoms with Gasteiger partial charge in [0.15, 0.2) is 0 Å². The van der Waals surface area contributed by atoms with E-state index < -0.39 is 0 Å². The molecule has 0 saturated carbocycles. The van der Waals surface area contributed by atoms with Crippen LogP contribution in [0.25, 0.3) is 44.2 Å². The van der Waals surface area contributed by atoms with Gasteiger partial charge in [-0.1, -0.05) is 71.9 Å². The van der Waals surface area contributed by atoms with Crippen molar-refractivity contribution in [2.75, 3.05) is 4.90 Å². The Hall–Kier alpha value is -5.68. The average Bonchev–Trinajstić information content (AvgIpc) is 3.62. The Morgan fingerprint density at radius 3 is 1.90 bits per heavy atom. The van der Waals surface area contributed by atoms with Crippen molar-refractivity contribution in [3.05, 3.63) is 151 Å². The van der Waals surface area contributed by atoms with E-state index >= 15 is 0 Å². The molecule has 0 aliphatic rings. The normalized spacial score (nSPS) is 11.5. The summed E-state index contributed by atoms with van der Waals surface area (Å²) in [5.41, 5.74) is 10.9. The van der Waals surface area contributed by atoms with E-state index in [9.17, 15) is 0 Å². The number of nitrogens with zero attached hydrogens (tertiary/aromatic N) is 5. The molecule has 8 aromatic rings. The van der Waals surface area contributed by atoms with Gasteiger partial charge in [-0.25, -0.2) is 4.68 Å². The Labute approximate surface area is 243 Å². The second-order valence-electron chi connectivity index (χ2n) is 10.5. The van der Waals surface area contributed by atoms with Gasteiger partial charge in [-0.3, -0.25) is 0 Å². The van der Waals surface area contributed by atoms with Crippen molar-refractivity contribution in [2.24, 2.45) is 0 Å². The van der Waals surface area contributed by atoms with Crippen molar-refractivity contribution in [1.82, 2.24) is 19.6 Å². The Kier molecular flexibility index (Phi) is 5.61. The lowest BCUT2D eigenvalue weighted by Gasteiger charge is -2.25. The van der Waals surface area contributed by atoms with Gasteiger partial charge in [-0.2, -0.15) is 0 Å². The van der Waals surface area contributed by atoms with E-state index in [-0.39, 0.29) is 0 Å². The molecule has 8 rings (SSSR count). The Morgan fingerprint density at radius 2 is 1.17 bits per heavy atom. The first-order valence-corrected chi connectivity index (χ1v) is 14.1. The zero-order chi connectivity index (χ0) is 28.0. The molecule has 42 heavy (non-hydrogen) atoms. The molecule has 0 N–H and O–H groups in total. The monoisotopic (exact) mass is 541 g/mol. The molecule has 0 spiro atoms. The minimum Gasteiger partial charge on any atom is -0.310 e. The molecule has 0 radical (unpaired) electrons. The first kappa shape index (κ1) is 24.1. The van der Waals surface area contributed by atoms with Crippen molar-refractivity contribution in [3.63, 3.8) is 0 Å². The fourth-order valence-electron chi connectivity index (χ4n) is 6.04. The Morgan fingerprint density at radius 1 is 0.524 bits per heavy atom. The number of rotatable bonds is 5. The number of hydrogen-bond donors (Lipinski definition) is 0. The summed E-state index contributed by atoms with van der Waals surface area (Å²) in [6.45, 7) is 2.17. The highest BCUT2D eigenvalue weighted by Gasteiger charge is 2.18. The number of hydrogen-bond acceptors (Lipinski definition) is 3. The van der Waals surface area contributed by atoms with E-state index in [4.69, 9.17) is 0 Å². The maximum Gasteiger partial charge on any atom is 0.113 e. The molecular weight excluding hydrogens is 514 g/mol. The molecule has 0 aliphatic heterocycles. The lowest BCUT2D eigenvalue weighted by Crippen LogP contribution is -2.09. The highest BCUT2D eigenvalue weighted by atomic mass is 15.4. The largest absolute Gasteiger partial charge is 0.310 e. The van der Waals surface area contributed by atoms with Gasteiger partial charge in [-0.05, 0) is 91.3 Å². The van der Waals surface area contributed by atoms with Gasteiger partial charge in [0.1, 0.15) is 5.52 Å². The van der Waals surface area contributed by atoms with Gasteiger partial charge in [-0.15, -0.1) is 5.10 Å². The smallest absolute Gasteiger partial charge is 0.113 e. The van der Waals surface area contributed by atoms with Gasteiger partial charge >= 0.3 is 0 Å². The SMILES string of the molecule is Cc1cc(-n2nnc3ccccc32)ccc1-n1c2ccccc2c2cc(N(c3ccccc3)c3ccccc3)ccc21. The van der Waals surface area contributed by atoms with Crippen LogP contribution in [0.3, 0.4) is 0 Å². The lowest BCUT2D eigenvalue weighted by molar-refractivity contribution is 0.822. The first-order chi connectivity index (χ1) is 20.8. The highest BCUT2D eigenvalue weighted by molar-refractivity contribution is 6.10. The fourth-order valence-corrected chi connectivity index (χ4v) is 6.04. The molecule has 0 bridgehead atoms. The van der Waals surface area contributed by atoms with E-state index in [1.807, 2.05) is 22.9 Å². The van der Waals surface area contributed by atoms with Crippen molar-refractivity contribution < 1.29 is 0 Å². The molecule has 5 nitrogen and oxygen atoms in total. The quantitative estimate of drug-likeness (QED) is 0.218. The van der Waals surface area contributed by atoms with Gasteiger partial charge in [0.05, 0.1) is 22.2 Å². The second-order valence-corrected chi connectivity index (χ2v) is 10.5. The molecule has 200 valence electrons. The van der Waals surface area contributed by atoms with Gasteiger partial charge in [0, 0.05) is 33.5 Å². The molecule has 0 amide bonds. The minimum absolute atomic E-state index is 0.887. The molecule has 0 aliphatic carbocycles. The molecule has 0 unspecified atom stereocenters. The predicted molar refractivity (Wildman–Crippen MR) is 173 cm³/mol. The van der Waals surface area contributed by atoms with Crippen LogP contribution in [0, 0.1) is 6.92 Å². The number of benzene rings is 6. The van der Waals surface area contributed by atoms with Crippen LogP contribution in [0.4, 0.5) is 17.1 Å². The number of para-hydroxylation sites is 4. The van der Waals surface area contributed by atoms with E-state index in [1.165, 1.54) is 21.8 Å². The van der Waals surface area contributed by atoms with E-state index in [0.717, 1.165) is 45.0 Å². The Bertz CT molecular complexity index is 2170. The van der Waals surface area contributed by atoms with Gasteiger partial charge < -0.3 is 9.47 Å². The van der Waals surface area contributed by atoms with Gasteiger partial charge in [0.2, 0.25) is 0 Å². The summed E-state index contributed by atoms with van der Waals surface area (Å²) < 4.78 is 4.29. The molecule has 2 heterocycles. The summed E-state index contributed by atoms with van der Waals surface area (Å²) in [6, 6.07) is 51.1. The zero-order valence-corrected chi connectivity index (χ0v) is 23.1. The molecule has 0 atom stereocenters. The third-order valence-electron chi connectivity index (χ3n) is 7.96. The lowest BCUT2D eigenvalue weighted by atomic mass is 10.1. The molecule has 5 heteroatoms. The summed E-state index contributed by atoms with van der Waals surface area (Å²) >= 11 is 0. The average molecular weight is 542 g/mol.